The fourth-order valence-corrected chi connectivity index (χ4v) is 7.40. The minimum atomic E-state index is -0.999. The Bertz CT molecular complexity index is 1900. The number of aryl methyl sites for hydroxylation is 3. The third-order valence-electron chi connectivity index (χ3n) is 10.5. The largest absolute Gasteiger partial charge is 0.478 e. The summed E-state index contributed by atoms with van der Waals surface area (Å²) in [7, 11) is 0. The van der Waals surface area contributed by atoms with Gasteiger partial charge in [-0.05, 0) is 93.0 Å². The summed E-state index contributed by atoms with van der Waals surface area (Å²) >= 11 is 0. The molecule has 9 nitrogen and oxygen atoms in total. The fourth-order valence-electron chi connectivity index (χ4n) is 7.40. The van der Waals surface area contributed by atoms with Crippen LogP contribution in [-0.2, 0) is 20.9 Å². The molecule has 0 spiro atoms. The van der Waals surface area contributed by atoms with E-state index in [9.17, 15) is 14.7 Å². The van der Waals surface area contributed by atoms with Crippen LogP contribution in [0.2, 0.25) is 0 Å². The molecule has 2 aliphatic rings. The van der Waals surface area contributed by atoms with Gasteiger partial charge >= 0.3 is 5.97 Å². The van der Waals surface area contributed by atoms with Crippen LogP contribution in [-0.4, -0.2) is 50.7 Å². The highest BCUT2D eigenvalue weighted by Crippen LogP contribution is 2.42. The minimum absolute atomic E-state index is 0.00188. The van der Waals surface area contributed by atoms with Gasteiger partial charge in [-0.15, -0.1) is 0 Å². The van der Waals surface area contributed by atoms with Gasteiger partial charge in [-0.3, -0.25) is 9.78 Å². The van der Waals surface area contributed by atoms with Gasteiger partial charge < -0.3 is 24.5 Å². The number of aromatic amines is 2. The van der Waals surface area contributed by atoms with Gasteiger partial charge in [-0.25, -0.2) is 9.78 Å². The zero-order valence-electron chi connectivity index (χ0n) is 30.2. The molecule has 0 fully saturated rings. The van der Waals surface area contributed by atoms with Crippen LogP contribution in [0.25, 0.3) is 33.2 Å². The third kappa shape index (κ3) is 7.52. The Morgan fingerprint density at radius 1 is 0.878 bits per heavy atom. The molecule has 0 aliphatic carbocycles. The number of carbonyl (C=O) groups excluding carboxylic acids is 1. The van der Waals surface area contributed by atoms with Crippen LogP contribution < -0.4 is 0 Å². The Labute approximate surface area is 289 Å². The van der Waals surface area contributed by atoms with E-state index in [1.807, 2.05) is 19.9 Å². The number of aromatic nitrogens is 4. The van der Waals surface area contributed by atoms with Gasteiger partial charge in [0.05, 0.1) is 35.7 Å². The molecule has 0 radical (unpaired) electrons. The molecule has 49 heavy (non-hydrogen) atoms. The Hall–Kier alpha value is -4.24. The summed E-state index contributed by atoms with van der Waals surface area (Å²) in [5.74, 6) is -1.07. The second-order valence-corrected chi connectivity index (χ2v) is 13.6. The molecule has 8 bridgehead atoms. The maximum atomic E-state index is 12.7. The zero-order chi connectivity index (χ0) is 35.2. The smallest absolute Gasteiger partial charge is 0.338 e. The van der Waals surface area contributed by atoms with Crippen molar-refractivity contribution in [2.24, 2.45) is 0 Å². The first kappa shape index (κ1) is 36.1. The van der Waals surface area contributed by atoms with Crippen molar-refractivity contribution in [1.29, 1.82) is 0 Å². The van der Waals surface area contributed by atoms with Crippen molar-refractivity contribution >= 4 is 45.7 Å². The lowest BCUT2D eigenvalue weighted by Gasteiger charge is -2.16. The van der Waals surface area contributed by atoms with E-state index in [0.29, 0.717) is 36.1 Å². The second-order valence-electron chi connectivity index (χ2n) is 13.6. The summed E-state index contributed by atoms with van der Waals surface area (Å²) in [4.78, 5) is 41.2. The predicted molar refractivity (Wildman–Crippen MR) is 196 cm³/mol. The average molecular weight is 669 g/mol. The molecule has 5 rings (SSSR count). The first-order valence-corrected chi connectivity index (χ1v) is 17.9. The van der Waals surface area contributed by atoms with E-state index in [2.05, 4.69) is 56.7 Å². The van der Waals surface area contributed by atoms with Gasteiger partial charge in [0.2, 0.25) is 0 Å². The number of nitrogens with one attached hydrogen (secondary N) is 2. The summed E-state index contributed by atoms with van der Waals surface area (Å²) in [5, 5.41) is 10.4. The number of carboxylic acid groups (broad SMARTS) is 1. The van der Waals surface area contributed by atoms with E-state index in [1.165, 1.54) is 32.1 Å². The lowest BCUT2D eigenvalue weighted by atomic mass is 9.87. The first-order chi connectivity index (χ1) is 23.6. The van der Waals surface area contributed by atoms with E-state index in [-0.39, 0.29) is 24.0 Å². The molecular formula is C40H52N4O5. The number of aromatic carboxylic acids is 1. The molecule has 9 heteroatoms. The average Bonchev–Trinajstić information content (AvgIpc) is 3.76. The van der Waals surface area contributed by atoms with Crippen LogP contribution in [0.15, 0.2) is 18.2 Å². The normalized spacial score (nSPS) is 16.0. The van der Waals surface area contributed by atoms with Crippen molar-refractivity contribution in [1.82, 2.24) is 19.9 Å². The molecule has 0 aromatic carbocycles. The molecule has 3 aromatic heterocycles. The van der Waals surface area contributed by atoms with Crippen LogP contribution >= 0.6 is 0 Å². The minimum Gasteiger partial charge on any atom is -0.478 e. The van der Waals surface area contributed by atoms with Crippen LogP contribution in [0.5, 0.6) is 0 Å². The maximum absolute atomic E-state index is 12.7. The number of hydrogen-bond acceptors (Lipinski definition) is 6. The summed E-state index contributed by atoms with van der Waals surface area (Å²) in [5.41, 5.74) is 12.7. The molecule has 2 aliphatic heterocycles. The van der Waals surface area contributed by atoms with Crippen molar-refractivity contribution in [2.75, 3.05) is 13.2 Å². The lowest BCUT2D eigenvalue weighted by Crippen LogP contribution is -2.08. The van der Waals surface area contributed by atoms with E-state index in [4.69, 9.17) is 19.4 Å². The second kappa shape index (κ2) is 16.0. The van der Waals surface area contributed by atoms with Gasteiger partial charge in [0.1, 0.15) is 0 Å². The number of hydrogen-bond donors (Lipinski definition) is 3. The highest BCUT2D eigenvalue weighted by atomic mass is 16.5. The number of ether oxygens (including phenoxy) is 2. The lowest BCUT2D eigenvalue weighted by molar-refractivity contribution is -0.128. The SMILES string of the molecule is CCCCCCCCOCc1c(C)c2cc3nc(c(C)c4[nH]c(cc5nc(cc1[nH]2)C(C)=C5CC)c(C)c4C(=O)O)[C@@H](CCOC=O)[C@@H]3C. The molecule has 0 unspecified atom stereocenters. The third-order valence-corrected chi connectivity index (χ3v) is 10.5. The highest BCUT2D eigenvalue weighted by Gasteiger charge is 2.31. The number of fused-ring (bicyclic) bond motifs is 8. The fraction of sp³-hybridized carbons (Fsp3) is 0.500. The van der Waals surface area contributed by atoms with Crippen LogP contribution in [0.1, 0.15) is 146 Å². The number of rotatable bonds is 15. The number of carboxylic acids is 1. The van der Waals surface area contributed by atoms with Gasteiger partial charge in [0.15, 0.2) is 0 Å². The molecule has 262 valence electrons. The van der Waals surface area contributed by atoms with E-state index < -0.39 is 5.97 Å². The van der Waals surface area contributed by atoms with Crippen LogP contribution in [0.4, 0.5) is 0 Å². The number of nitrogens with zero attached hydrogens (tertiary/aromatic N) is 2. The molecule has 3 N–H and O–H groups in total. The van der Waals surface area contributed by atoms with Crippen LogP contribution in [0, 0.1) is 20.8 Å². The Balaban J connectivity index is 1.74. The Kier molecular flexibility index (Phi) is 11.8. The van der Waals surface area contributed by atoms with Crippen molar-refractivity contribution in [3.63, 3.8) is 0 Å². The number of allylic oxidation sites excluding steroid dienone is 2. The van der Waals surface area contributed by atoms with E-state index >= 15 is 0 Å². The van der Waals surface area contributed by atoms with Gasteiger partial charge in [-0.2, -0.15) is 0 Å². The first-order valence-electron chi connectivity index (χ1n) is 17.9. The van der Waals surface area contributed by atoms with Crippen molar-refractivity contribution in [3.05, 3.63) is 68.8 Å². The monoisotopic (exact) mass is 668 g/mol. The molecule has 0 amide bonds. The number of carbonyl (C=O) groups is 2. The summed E-state index contributed by atoms with van der Waals surface area (Å²) in [6, 6.07) is 6.21. The van der Waals surface area contributed by atoms with Crippen LogP contribution in [0.3, 0.4) is 0 Å². The quantitative estimate of drug-likeness (QED) is 0.109. The zero-order valence-corrected chi connectivity index (χ0v) is 30.2. The van der Waals surface area contributed by atoms with Crippen molar-refractivity contribution < 1.29 is 24.2 Å². The van der Waals surface area contributed by atoms with Crippen molar-refractivity contribution in [2.45, 2.75) is 118 Å². The number of H-pyrrole nitrogens is 2. The summed E-state index contributed by atoms with van der Waals surface area (Å²) in [6.07, 6.45) is 8.65. The Morgan fingerprint density at radius 2 is 1.59 bits per heavy atom. The van der Waals surface area contributed by atoms with Gasteiger partial charge in [-0.1, -0.05) is 52.9 Å². The maximum Gasteiger partial charge on any atom is 0.338 e. The summed E-state index contributed by atoms with van der Waals surface area (Å²) < 4.78 is 11.4. The highest BCUT2D eigenvalue weighted by molar-refractivity contribution is 6.02. The van der Waals surface area contributed by atoms with Crippen molar-refractivity contribution in [3.8, 4) is 0 Å². The standard InChI is InChI=1S/C40H52N4O5/c1-8-10-11-12-13-14-16-48-21-30-25(5)31-18-33-24(4)29(15-17-49-22-45)38(43-33)27(7)39-37(40(46)47)26(6)34(44-39)20-35-28(9-2)23(3)32(41-35)19-36(30)42-31/h18-20,22,24,29,42,44H,8-17,21H2,1-7H3,(H,46,47)/t24-,29-/m0/s1. The molecule has 0 saturated carbocycles. The van der Waals surface area contributed by atoms with E-state index in [0.717, 1.165) is 81.1 Å². The molecule has 5 heterocycles. The topological polar surface area (TPSA) is 130 Å². The Morgan fingerprint density at radius 3 is 2.31 bits per heavy atom. The molecule has 0 saturated heterocycles. The summed E-state index contributed by atoms with van der Waals surface area (Å²) in [6.45, 7) is 16.4. The number of unbranched alkanes of at least 4 members (excludes halogenated alkanes) is 5. The molecular weight excluding hydrogens is 616 g/mol. The molecule has 2 atom stereocenters. The molecule has 3 aromatic rings. The van der Waals surface area contributed by atoms with Gasteiger partial charge in [0, 0.05) is 51.9 Å². The van der Waals surface area contributed by atoms with Gasteiger partial charge in [0.25, 0.3) is 6.47 Å². The van der Waals surface area contributed by atoms with E-state index in [1.54, 1.807) is 0 Å². The predicted octanol–water partition coefficient (Wildman–Crippen LogP) is 9.61.